The van der Waals surface area contributed by atoms with Crippen LogP contribution in [0.15, 0.2) is 53.0 Å². The maximum Gasteiger partial charge on any atom is 0.0408 e. The number of benzene rings is 2. The van der Waals surface area contributed by atoms with Crippen LogP contribution in [0, 0.1) is 0 Å². The maximum atomic E-state index is 6.05. The van der Waals surface area contributed by atoms with E-state index >= 15 is 0 Å². The summed E-state index contributed by atoms with van der Waals surface area (Å²) in [5, 5.41) is 4.07. The van der Waals surface area contributed by atoms with Crippen molar-refractivity contribution in [2.24, 2.45) is 0 Å². The number of hydrogen-bond donors (Lipinski definition) is 1. The Balaban J connectivity index is 2.18. The molecule has 100 valence electrons. The molecule has 19 heavy (non-hydrogen) atoms. The highest BCUT2D eigenvalue weighted by Crippen LogP contribution is 2.23. The minimum Gasteiger partial charge on any atom is -0.319 e. The molecule has 0 aromatic heterocycles. The Labute approximate surface area is 128 Å². The van der Waals surface area contributed by atoms with Gasteiger partial charge in [0.15, 0.2) is 0 Å². The van der Waals surface area contributed by atoms with Gasteiger partial charge in [-0.15, -0.1) is 0 Å². The predicted molar refractivity (Wildman–Crippen MR) is 86.0 cm³/mol. The first-order chi connectivity index (χ1) is 9.19. The molecule has 0 aliphatic carbocycles. The van der Waals surface area contributed by atoms with Gasteiger partial charge in [-0.3, -0.25) is 0 Å². The summed E-state index contributed by atoms with van der Waals surface area (Å²) in [7, 11) is 1.99. The average Bonchev–Trinajstić information content (AvgIpc) is 2.39. The van der Waals surface area contributed by atoms with Crippen LogP contribution in [-0.4, -0.2) is 13.6 Å². The summed E-state index contributed by atoms with van der Waals surface area (Å²) < 4.78 is 1.11. The van der Waals surface area contributed by atoms with Crippen molar-refractivity contribution < 1.29 is 0 Å². The Morgan fingerprint density at radius 2 is 1.89 bits per heavy atom. The molecule has 0 saturated carbocycles. The molecule has 1 nitrogen and oxygen atoms in total. The standard InChI is InChI=1S/C16H17BrClN/c1-19-11-14(13-5-7-15(17)8-6-13)9-12-3-2-4-16(18)10-12/h2-8,10,14,19H,9,11H2,1H3. The Morgan fingerprint density at radius 3 is 2.53 bits per heavy atom. The Bertz CT molecular complexity index is 525. The quantitative estimate of drug-likeness (QED) is 0.837. The fourth-order valence-electron chi connectivity index (χ4n) is 2.24. The van der Waals surface area contributed by atoms with Gasteiger partial charge in [0.05, 0.1) is 0 Å². The minimum atomic E-state index is 0.455. The third kappa shape index (κ3) is 4.34. The summed E-state index contributed by atoms with van der Waals surface area (Å²) >= 11 is 9.53. The third-order valence-electron chi connectivity index (χ3n) is 3.16. The molecule has 1 N–H and O–H groups in total. The van der Waals surface area contributed by atoms with Crippen LogP contribution in [-0.2, 0) is 6.42 Å². The van der Waals surface area contributed by atoms with Crippen molar-refractivity contribution in [3.05, 3.63) is 69.2 Å². The van der Waals surface area contributed by atoms with E-state index in [2.05, 4.69) is 51.6 Å². The smallest absolute Gasteiger partial charge is 0.0408 e. The molecule has 0 bridgehead atoms. The molecular formula is C16H17BrClN. The summed E-state index contributed by atoms with van der Waals surface area (Å²) in [6.07, 6.45) is 0.989. The topological polar surface area (TPSA) is 12.0 Å². The molecule has 0 heterocycles. The normalized spacial score (nSPS) is 12.4. The van der Waals surface area contributed by atoms with Crippen molar-refractivity contribution in [2.75, 3.05) is 13.6 Å². The van der Waals surface area contributed by atoms with E-state index < -0.39 is 0 Å². The Hall–Kier alpha value is -0.830. The van der Waals surface area contributed by atoms with Gasteiger partial charge in [-0.1, -0.05) is 51.8 Å². The predicted octanol–water partition coefficient (Wildman–Crippen LogP) is 4.65. The van der Waals surface area contributed by atoms with E-state index in [1.54, 1.807) is 0 Å². The fraction of sp³-hybridized carbons (Fsp3) is 0.250. The van der Waals surface area contributed by atoms with Gasteiger partial charge >= 0.3 is 0 Å². The number of likely N-dealkylation sites (N-methyl/N-ethyl adjacent to an activating group) is 1. The van der Waals surface area contributed by atoms with Crippen molar-refractivity contribution in [2.45, 2.75) is 12.3 Å². The van der Waals surface area contributed by atoms with Gasteiger partial charge in [0.2, 0.25) is 0 Å². The lowest BCUT2D eigenvalue weighted by molar-refractivity contribution is 0.626. The van der Waals surface area contributed by atoms with Crippen molar-refractivity contribution in [3.63, 3.8) is 0 Å². The molecule has 0 radical (unpaired) electrons. The highest BCUT2D eigenvalue weighted by molar-refractivity contribution is 9.10. The summed E-state index contributed by atoms with van der Waals surface area (Å²) in [4.78, 5) is 0. The SMILES string of the molecule is CNCC(Cc1cccc(Cl)c1)c1ccc(Br)cc1. The first kappa shape index (κ1) is 14.6. The minimum absolute atomic E-state index is 0.455. The Kier molecular flexibility index (Phi) is 5.44. The molecule has 0 spiro atoms. The second-order valence-corrected chi connectivity index (χ2v) is 5.99. The van der Waals surface area contributed by atoms with E-state index in [0.717, 1.165) is 22.5 Å². The largest absolute Gasteiger partial charge is 0.319 e. The maximum absolute atomic E-state index is 6.05. The zero-order valence-electron chi connectivity index (χ0n) is 10.9. The van der Waals surface area contributed by atoms with Gasteiger partial charge in [0.25, 0.3) is 0 Å². The van der Waals surface area contributed by atoms with E-state index in [1.165, 1.54) is 11.1 Å². The van der Waals surface area contributed by atoms with Crippen LogP contribution in [0.5, 0.6) is 0 Å². The zero-order valence-corrected chi connectivity index (χ0v) is 13.2. The summed E-state index contributed by atoms with van der Waals surface area (Å²) in [6.45, 7) is 0.953. The molecule has 2 aromatic rings. The molecule has 3 heteroatoms. The van der Waals surface area contributed by atoms with E-state index in [4.69, 9.17) is 11.6 Å². The lowest BCUT2D eigenvalue weighted by Gasteiger charge is -2.17. The van der Waals surface area contributed by atoms with Gasteiger partial charge in [-0.05, 0) is 48.9 Å². The van der Waals surface area contributed by atoms with Crippen LogP contribution in [0.3, 0.4) is 0 Å². The number of hydrogen-bond acceptors (Lipinski definition) is 1. The van der Waals surface area contributed by atoms with Crippen LogP contribution >= 0.6 is 27.5 Å². The van der Waals surface area contributed by atoms with Crippen LogP contribution < -0.4 is 5.32 Å². The highest BCUT2D eigenvalue weighted by Gasteiger charge is 2.11. The molecule has 0 amide bonds. The zero-order chi connectivity index (χ0) is 13.7. The summed E-state index contributed by atoms with van der Waals surface area (Å²) in [5.41, 5.74) is 2.62. The van der Waals surface area contributed by atoms with E-state index in [1.807, 2.05) is 25.2 Å². The molecule has 1 unspecified atom stereocenters. The molecular weight excluding hydrogens is 322 g/mol. The lowest BCUT2D eigenvalue weighted by Crippen LogP contribution is -2.19. The van der Waals surface area contributed by atoms with Crippen LogP contribution in [0.4, 0.5) is 0 Å². The monoisotopic (exact) mass is 337 g/mol. The van der Waals surface area contributed by atoms with Crippen molar-refractivity contribution in [1.29, 1.82) is 0 Å². The second kappa shape index (κ2) is 7.09. The summed E-state index contributed by atoms with van der Waals surface area (Å²) in [5.74, 6) is 0.455. The Morgan fingerprint density at radius 1 is 1.16 bits per heavy atom. The van der Waals surface area contributed by atoms with Crippen molar-refractivity contribution in [1.82, 2.24) is 5.32 Å². The van der Waals surface area contributed by atoms with E-state index in [-0.39, 0.29) is 0 Å². The summed E-state index contributed by atoms with van der Waals surface area (Å²) in [6, 6.07) is 16.6. The van der Waals surface area contributed by atoms with Gasteiger partial charge in [-0.2, -0.15) is 0 Å². The number of rotatable bonds is 5. The first-order valence-corrected chi connectivity index (χ1v) is 7.50. The van der Waals surface area contributed by atoms with E-state index in [9.17, 15) is 0 Å². The molecule has 2 rings (SSSR count). The molecule has 1 atom stereocenters. The van der Waals surface area contributed by atoms with Gasteiger partial charge in [-0.25, -0.2) is 0 Å². The molecule has 2 aromatic carbocycles. The number of halogens is 2. The molecule has 0 fully saturated rings. The van der Waals surface area contributed by atoms with Crippen molar-refractivity contribution >= 4 is 27.5 Å². The highest BCUT2D eigenvalue weighted by atomic mass is 79.9. The fourth-order valence-corrected chi connectivity index (χ4v) is 2.71. The van der Waals surface area contributed by atoms with Crippen LogP contribution in [0.1, 0.15) is 17.0 Å². The van der Waals surface area contributed by atoms with Gasteiger partial charge in [0, 0.05) is 22.0 Å². The van der Waals surface area contributed by atoms with Crippen molar-refractivity contribution in [3.8, 4) is 0 Å². The van der Waals surface area contributed by atoms with Crippen LogP contribution in [0.2, 0.25) is 5.02 Å². The lowest BCUT2D eigenvalue weighted by atomic mass is 9.92. The van der Waals surface area contributed by atoms with Gasteiger partial charge in [0.1, 0.15) is 0 Å². The average molecular weight is 339 g/mol. The third-order valence-corrected chi connectivity index (χ3v) is 3.93. The molecule has 0 saturated heterocycles. The molecule has 0 aliphatic rings. The second-order valence-electron chi connectivity index (χ2n) is 4.64. The molecule has 0 aliphatic heterocycles. The first-order valence-electron chi connectivity index (χ1n) is 6.33. The van der Waals surface area contributed by atoms with Crippen LogP contribution in [0.25, 0.3) is 0 Å². The van der Waals surface area contributed by atoms with Gasteiger partial charge < -0.3 is 5.32 Å². The number of nitrogens with one attached hydrogen (secondary N) is 1. The van der Waals surface area contributed by atoms with E-state index in [0.29, 0.717) is 5.92 Å².